The maximum atomic E-state index is 12.7. The highest BCUT2D eigenvalue weighted by atomic mass is 16.5. The molecule has 1 amide bonds. The molecule has 1 N–H and O–H groups in total. The molecule has 6 nitrogen and oxygen atoms in total. The van der Waals surface area contributed by atoms with Gasteiger partial charge in [-0.2, -0.15) is 5.10 Å². The van der Waals surface area contributed by atoms with E-state index in [2.05, 4.69) is 10.4 Å². The number of aromatic nitrogens is 2. The zero-order valence-corrected chi connectivity index (χ0v) is 17.1. The van der Waals surface area contributed by atoms with Crippen LogP contribution in [-0.4, -0.2) is 22.3 Å². The number of carbonyl (C=O) groups is 1. The number of benzene rings is 2. The summed E-state index contributed by atoms with van der Waals surface area (Å²) in [6.07, 6.45) is 1.75. The van der Waals surface area contributed by atoms with E-state index in [1.54, 1.807) is 12.3 Å². The highest BCUT2D eigenvalue weighted by molar-refractivity contribution is 5.94. The van der Waals surface area contributed by atoms with Gasteiger partial charge in [0, 0.05) is 18.3 Å². The maximum absolute atomic E-state index is 12.7. The monoisotopic (exact) mass is 393 g/mol. The van der Waals surface area contributed by atoms with E-state index < -0.39 is 0 Å². The van der Waals surface area contributed by atoms with Crippen LogP contribution in [0.25, 0.3) is 0 Å². The summed E-state index contributed by atoms with van der Waals surface area (Å²) >= 11 is 0. The molecule has 0 spiro atoms. The van der Waals surface area contributed by atoms with Crippen LogP contribution in [0.3, 0.4) is 0 Å². The van der Waals surface area contributed by atoms with Crippen molar-refractivity contribution < 1.29 is 14.3 Å². The van der Waals surface area contributed by atoms with E-state index in [9.17, 15) is 4.79 Å². The van der Waals surface area contributed by atoms with Gasteiger partial charge in [-0.1, -0.05) is 12.1 Å². The summed E-state index contributed by atoms with van der Waals surface area (Å²) in [5, 5.41) is 7.30. The van der Waals surface area contributed by atoms with Crippen molar-refractivity contribution in [2.75, 3.05) is 6.61 Å². The Morgan fingerprint density at radius 2 is 1.79 bits per heavy atom. The maximum Gasteiger partial charge on any atom is 0.251 e. The molecule has 3 aromatic rings. The van der Waals surface area contributed by atoms with E-state index in [4.69, 9.17) is 9.47 Å². The van der Waals surface area contributed by atoms with Crippen LogP contribution in [0.5, 0.6) is 11.5 Å². The summed E-state index contributed by atoms with van der Waals surface area (Å²) < 4.78 is 13.1. The summed E-state index contributed by atoms with van der Waals surface area (Å²) in [7, 11) is 0. The Kier molecular flexibility index (Phi) is 6.89. The van der Waals surface area contributed by atoms with Crippen LogP contribution < -0.4 is 14.8 Å². The van der Waals surface area contributed by atoms with Crippen LogP contribution in [0.15, 0.2) is 60.8 Å². The molecule has 0 aliphatic rings. The number of hydrogen-bond acceptors (Lipinski definition) is 4. The van der Waals surface area contributed by atoms with Crippen molar-refractivity contribution >= 4 is 5.91 Å². The van der Waals surface area contributed by atoms with Crippen LogP contribution in [0.1, 0.15) is 48.4 Å². The predicted molar refractivity (Wildman–Crippen MR) is 112 cm³/mol. The average molecular weight is 393 g/mol. The van der Waals surface area contributed by atoms with Gasteiger partial charge >= 0.3 is 0 Å². The summed E-state index contributed by atoms with van der Waals surface area (Å²) in [5.74, 6) is 1.45. The van der Waals surface area contributed by atoms with E-state index in [1.165, 1.54) is 0 Å². The zero-order chi connectivity index (χ0) is 20.6. The molecule has 0 bridgehead atoms. The molecule has 0 saturated heterocycles. The zero-order valence-electron chi connectivity index (χ0n) is 17.1. The molecule has 0 fully saturated rings. The Hall–Kier alpha value is -3.28. The van der Waals surface area contributed by atoms with Gasteiger partial charge in [-0.3, -0.25) is 9.48 Å². The number of rotatable bonds is 9. The van der Waals surface area contributed by atoms with Gasteiger partial charge in [-0.25, -0.2) is 0 Å². The quantitative estimate of drug-likeness (QED) is 0.586. The molecule has 152 valence electrons. The van der Waals surface area contributed by atoms with Gasteiger partial charge < -0.3 is 14.8 Å². The van der Waals surface area contributed by atoms with Gasteiger partial charge in [-0.15, -0.1) is 0 Å². The minimum absolute atomic E-state index is 0.121. The lowest BCUT2D eigenvalue weighted by molar-refractivity contribution is 0.0938. The summed E-state index contributed by atoms with van der Waals surface area (Å²) in [6, 6.07) is 16.8. The third-order valence-electron chi connectivity index (χ3n) is 4.57. The molecule has 1 aromatic heterocycles. The van der Waals surface area contributed by atoms with Crippen LogP contribution in [-0.2, 0) is 13.2 Å². The minimum Gasteiger partial charge on any atom is -0.494 e. The van der Waals surface area contributed by atoms with Gasteiger partial charge in [0.25, 0.3) is 5.91 Å². The van der Waals surface area contributed by atoms with Crippen molar-refractivity contribution in [3.8, 4) is 11.5 Å². The first kappa shape index (κ1) is 20.5. The van der Waals surface area contributed by atoms with E-state index in [0.29, 0.717) is 18.8 Å². The van der Waals surface area contributed by atoms with Crippen molar-refractivity contribution in [2.45, 2.75) is 40.0 Å². The SMILES string of the molecule is CCOc1ccc(OCc2cccc(C(=O)NC(C)c3ccnn3CC)c2)cc1. The van der Waals surface area contributed by atoms with Gasteiger partial charge in [0.2, 0.25) is 0 Å². The smallest absolute Gasteiger partial charge is 0.251 e. The Bertz CT molecular complexity index is 935. The van der Waals surface area contributed by atoms with Gasteiger partial charge in [0.15, 0.2) is 0 Å². The molecule has 3 rings (SSSR count). The van der Waals surface area contributed by atoms with E-state index in [-0.39, 0.29) is 11.9 Å². The number of aryl methyl sites for hydroxylation is 1. The third kappa shape index (κ3) is 5.38. The van der Waals surface area contributed by atoms with E-state index in [1.807, 2.05) is 74.0 Å². The first-order valence-corrected chi connectivity index (χ1v) is 9.87. The van der Waals surface area contributed by atoms with Crippen molar-refractivity contribution in [3.63, 3.8) is 0 Å². The number of hydrogen-bond donors (Lipinski definition) is 1. The lowest BCUT2D eigenvalue weighted by Crippen LogP contribution is -2.28. The molecular formula is C23H27N3O3. The molecule has 6 heteroatoms. The van der Waals surface area contributed by atoms with Crippen molar-refractivity contribution in [3.05, 3.63) is 77.6 Å². The Morgan fingerprint density at radius 1 is 1.07 bits per heavy atom. The van der Waals surface area contributed by atoms with Crippen molar-refractivity contribution in [1.82, 2.24) is 15.1 Å². The first-order chi connectivity index (χ1) is 14.1. The summed E-state index contributed by atoms with van der Waals surface area (Å²) in [4.78, 5) is 12.7. The Balaban J connectivity index is 1.60. The molecule has 1 atom stereocenters. The minimum atomic E-state index is -0.131. The van der Waals surface area contributed by atoms with E-state index in [0.717, 1.165) is 29.3 Å². The Morgan fingerprint density at radius 3 is 2.48 bits per heavy atom. The number of nitrogens with zero attached hydrogens (tertiary/aromatic N) is 2. The lowest BCUT2D eigenvalue weighted by Gasteiger charge is -2.16. The lowest BCUT2D eigenvalue weighted by atomic mass is 10.1. The fourth-order valence-electron chi connectivity index (χ4n) is 3.10. The Labute approximate surface area is 171 Å². The van der Waals surface area contributed by atoms with Gasteiger partial charge in [-0.05, 0) is 68.8 Å². The molecule has 1 heterocycles. The largest absolute Gasteiger partial charge is 0.494 e. The number of ether oxygens (including phenoxy) is 2. The van der Waals surface area contributed by atoms with Crippen molar-refractivity contribution in [1.29, 1.82) is 0 Å². The molecule has 1 unspecified atom stereocenters. The van der Waals surface area contributed by atoms with E-state index >= 15 is 0 Å². The fourth-order valence-corrected chi connectivity index (χ4v) is 3.10. The molecule has 0 aliphatic carbocycles. The van der Waals surface area contributed by atoms with Crippen LogP contribution >= 0.6 is 0 Å². The molecular weight excluding hydrogens is 366 g/mol. The molecule has 2 aromatic carbocycles. The van der Waals surface area contributed by atoms with Gasteiger partial charge in [0.1, 0.15) is 18.1 Å². The standard InChI is InChI=1S/C23H27N3O3/c1-4-26-22(13-14-24-26)17(3)25-23(27)19-8-6-7-18(15-19)16-29-21-11-9-20(10-12-21)28-5-2/h6-15,17H,4-5,16H2,1-3H3,(H,25,27). The normalized spacial score (nSPS) is 11.7. The number of nitrogens with one attached hydrogen (secondary N) is 1. The molecule has 0 radical (unpaired) electrons. The fraction of sp³-hybridized carbons (Fsp3) is 0.304. The average Bonchev–Trinajstić information content (AvgIpc) is 3.23. The first-order valence-electron chi connectivity index (χ1n) is 9.87. The highest BCUT2D eigenvalue weighted by Gasteiger charge is 2.15. The molecule has 0 saturated carbocycles. The number of carbonyl (C=O) groups excluding carboxylic acids is 1. The third-order valence-corrected chi connectivity index (χ3v) is 4.57. The second-order valence-corrected chi connectivity index (χ2v) is 6.66. The van der Waals surface area contributed by atoms with Crippen molar-refractivity contribution in [2.24, 2.45) is 0 Å². The number of amides is 1. The second-order valence-electron chi connectivity index (χ2n) is 6.66. The topological polar surface area (TPSA) is 65.4 Å². The summed E-state index contributed by atoms with van der Waals surface area (Å²) in [6.45, 7) is 7.72. The van der Waals surface area contributed by atoms with Crippen LogP contribution in [0.2, 0.25) is 0 Å². The second kappa shape index (κ2) is 9.78. The molecule has 0 aliphatic heterocycles. The summed E-state index contributed by atoms with van der Waals surface area (Å²) in [5.41, 5.74) is 2.51. The van der Waals surface area contributed by atoms with Crippen LogP contribution in [0.4, 0.5) is 0 Å². The highest BCUT2D eigenvalue weighted by Crippen LogP contribution is 2.19. The van der Waals surface area contributed by atoms with Gasteiger partial charge in [0.05, 0.1) is 18.3 Å². The molecule has 29 heavy (non-hydrogen) atoms. The van der Waals surface area contributed by atoms with Crippen LogP contribution in [0, 0.1) is 0 Å². The predicted octanol–water partition coefficient (Wildman–Crippen LogP) is 4.37.